The second kappa shape index (κ2) is 6.91. The van der Waals surface area contributed by atoms with E-state index < -0.39 is 5.60 Å². The normalized spacial score (nSPS) is 17.3. The number of rotatable bonds is 5. The van der Waals surface area contributed by atoms with Crippen molar-refractivity contribution in [1.82, 2.24) is 10.2 Å². The minimum absolute atomic E-state index is 0.0577. The second-order valence-electron chi connectivity index (χ2n) is 5.46. The van der Waals surface area contributed by atoms with E-state index in [1.165, 1.54) is 0 Å². The molecule has 5 heteroatoms. The Morgan fingerprint density at radius 3 is 2.38 bits per heavy atom. The van der Waals surface area contributed by atoms with Gasteiger partial charge >= 0.3 is 0 Å². The number of carbonyl (C=O) groups excluding carboxylic acids is 1. The highest BCUT2D eigenvalue weighted by atomic mass is 16.5. The number of ether oxygens (including phenoxy) is 2. The molecule has 1 N–H and O–H groups in total. The van der Waals surface area contributed by atoms with Crippen molar-refractivity contribution in [3.05, 3.63) is 29.8 Å². The third kappa shape index (κ3) is 3.54. The van der Waals surface area contributed by atoms with Gasteiger partial charge in [0.15, 0.2) is 0 Å². The van der Waals surface area contributed by atoms with Crippen molar-refractivity contribution < 1.29 is 14.3 Å². The topological polar surface area (TPSA) is 50.8 Å². The summed E-state index contributed by atoms with van der Waals surface area (Å²) in [4.78, 5) is 14.5. The minimum atomic E-state index is -0.674. The van der Waals surface area contributed by atoms with Crippen LogP contribution in [0, 0.1) is 0 Å². The van der Waals surface area contributed by atoms with E-state index in [0.717, 1.165) is 37.2 Å². The van der Waals surface area contributed by atoms with Crippen LogP contribution in [0.3, 0.4) is 0 Å². The van der Waals surface area contributed by atoms with Gasteiger partial charge in [-0.15, -0.1) is 0 Å². The molecule has 0 spiro atoms. The van der Waals surface area contributed by atoms with Gasteiger partial charge in [-0.3, -0.25) is 4.79 Å². The molecule has 0 unspecified atom stereocenters. The average Bonchev–Trinajstić information content (AvgIpc) is 2.55. The van der Waals surface area contributed by atoms with Crippen LogP contribution < -0.4 is 10.1 Å². The second-order valence-corrected chi connectivity index (χ2v) is 5.46. The summed E-state index contributed by atoms with van der Waals surface area (Å²) >= 11 is 0. The Bertz CT molecular complexity index is 467. The van der Waals surface area contributed by atoms with Crippen LogP contribution in [0.4, 0.5) is 0 Å². The van der Waals surface area contributed by atoms with Crippen molar-refractivity contribution >= 4 is 5.91 Å². The molecule has 0 saturated carbocycles. The SMILES string of the molecule is COc1ccc(CN(C)C(=O)C2(OC)CCNCC2)cc1. The summed E-state index contributed by atoms with van der Waals surface area (Å²) in [5.74, 6) is 0.877. The number of hydrogen-bond acceptors (Lipinski definition) is 4. The van der Waals surface area contributed by atoms with Crippen molar-refractivity contribution in [3.63, 3.8) is 0 Å². The van der Waals surface area contributed by atoms with E-state index in [-0.39, 0.29) is 5.91 Å². The van der Waals surface area contributed by atoms with Gasteiger partial charge in [-0.25, -0.2) is 0 Å². The summed E-state index contributed by atoms with van der Waals surface area (Å²) in [6, 6.07) is 7.77. The number of likely N-dealkylation sites (N-methyl/N-ethyl adjacent to an activating group) is 1. The van der Waals surface area contributed by atoms with Crippen LogP contribution >= 0.6 is 0 Å². The zero-order valence-electron chi connectivity index (χ0n) is 13.0. The molecule has 21 heavy (non-hydrogen) atoms. The van der Waals surface area contributed by atoms with Gasteiger partial charge in [0.25, 0.3) is 5.91 Å². The lowest BCUT2D eigenvalue weighted by Gasteiger charge is -2.37. The average molecular weight is 292 g/mol. The fourth-order valence-electron chi connectivity index (χ4n) is 2.76. The van der Waals surface area contributed by atoms with E-state index in [0.29, 0.717) is 6.54 Å². The van der Waals surface area contributed by atoms with E-state index in [1.807, 2.05) is 31.3 Å². The molecular weight excluding hydrogens is 268 g/mol. The predicted octanol–water partition coefficient (Wildman–Crippen LogP) is 1.42. The molecule has 116 valence electrons. The summed E-state index contributed by atoms with van der Waals surface area (Å²) in [5, 5.41) is 3.27. The Morgan fingerprint density at radius 1 is 1.24 bits per heavy atom. The number of carbonyl (C=O) groups is 1. The van der Waals surface area contributed by atoms with Gasteiger partial charge in [0.1, 0.15) is 11.4 Å². The van der Waals surface area contributed by atoms with Gasteiger partial charge in [0.05, 0.1) is 7.11 Å². The monoisotopic (exact) mass is 292 g/mol. The lowest BCUT2D eigenvalue weighted by molar-refractivity contribution is -0.157. The van der Waals surface area contributed by atoms with Crippen LogP contribution in [-0.2, 0) is 16.1 Å². The van der Waals surface area contributed by atoms with Gasteiger partial charge in [-0.05, 0) is 43.6 Å². The molecule has 1 heterocycles. The van der Waals surface area contributed by atoms with E-state index >= 15 is 0 Å². The van der Waals surface area contributed by atoms with E-state index in [2.05, 4.69) is 5.32 Å². The molecule has 1 aliphatic heterocycles. The number of amides is 1. The molecule has 0 atom stereocenters. The fourth-order valence-corrected chi connectivity index (χ4v) is 2.76. The van der Waals surface area contributed by atoms with Crippen LogP contribution in [-0.4, -0.2) is 50.8 Å². The minimum Gasteiger partial charge on any atom is -0.497 e. The maximum atomic E-state index is 12.7. The molecule has 0 radical (unpaired) electrons. The Kier molecular flexibility index (Phi) is 5.20. The molecule has 1 fully saturated rings. The first-order valence-electron chi connectivity index (χ1n) is 7.26. The lowest BCUT2D eigenvalue weighted by atomic mass is 9.90. The van der Waals surface area contributed by atoms with E-state index in [9.17, 15) is 4.79 Å². The van der Waals surface area contributed by atoms with Crippen molar-refractivity contribution in [1.29, 1.82) is 0 Å². The first-order chi connectivity index (χ1) is 10.1. The number of nitrogens with one attached hydrogen (secondary N) is 1. The lowest BCUT2D eigenvalue weighted by Crippen LogP contribution is -2.54. The highest BCUT2D eigenvalue weighted by molar-refractivity contribution is 5.85. The van der Waals surface area contributed by atoms with Crippen molar-refractivity contribution in [3.8, 4) is 5.75 Å². The van der Waals surface area contributed by atoms with Crippen LogP contribution in [0.15, 0.2) is 24.3 Å². The highest BCUT2D eigenvalue weighted by Gasteiger charge is 2.41. The molecule has 1 aromatic rings. The van der Waals surface area contributed by atoms with Crippen LogP contribution in [0.5, 0.6) is 5.75 Å². The van der Waals surface area contributed by atoms with Crippen LogP contribution in [0.2, 0.25) is 0 Å². The zero-order valence-corrected chi connectivity index (χ0v) is 13.0. The maximum Gasteiger partial charge on any atom is 0.254 e. The number of piperidine rings is 1. The highest BCUT2D eigenvalue weighted by Crippen LogP contribution is 2.25. The standard InChI is InChI=1S/C16H24N2O3/c1-18(12-13-4-6-14(20-2)7-5-13)15(19)16(21-3)8-10-17-11-9-16/h4-7,17H,8-12H2,1-3H3. The quantitative estimate of drug-likeness (QED) is 0.892. The van der Waals surface area contributed by atoms with Crippen LogP contribution in [0.25, 0.3) is 0 Å². The van der Waals surface area contributed by atoms with Crippen molar-refractivity contribution in [2.24, 2.45) is 0 Å². The smallest absolute Gasteiger partial charge is 0.254 e. The van der Waals surface area contributed by atoms with Crippen molar-refractivity contribution in [2.45, 2.75) is 25.0 Å². The summed E-state index contributed by atoms with van der Waals surface area (Å²) < 4.78 is 10.7. The molecule has 5 nitrogen and oxygen atoms in total. The zero-order chi connectivity index (χ0) is 15.3. The molecule has 1 saturated heterocycles. The molecular formula is C16H24N2O3. The first kappa shape index (κ1) is 15.8. The predicted molar refractivity (Wildman–Crippen MR) is 81.3 cm³/mol. The number of nitrogens with zero attached hydrogens (tertiary/aromatic N) is 1. The molecule has 1 amide bonds. The van der Waals surface area contributed by atoms with Gasteiger partial charge in [0, 0.05) is 20.7 Å². The van der Waals surface area contributed by atoms with E-state index in [1.54, 1.807) is 19.1 Å². The summed E-state index contributed by atoms with van der Waals surface area (Å²) in [5.41, 5.74) is 0.402. The van der Waals surface area contributed by atoms with Crippen molar-refractivity contribution in [2.75, 3.05) is 34.4 Å². The molecule has 0 aromatic heterocycles. The Morgan fingerprint density at radius 2 is 1.86 bits per heavy atom. The van der Waals surface area contributed by atoms with Gasteiger partial charge < -0.3 is 19.7 Å². The van der Waals surface area contributed by atoms with Gasteiger partial charge in [-0.2, -0.15) is 0 Å². The third-order valence-electron chi connectivity index (χ3n) is 4.12. The summed E-state index contributed by atoms with van der Waals surface area (Å²) in [6.07, 6.45) is 1.44. The molecule has 0 aliphatic carbocycles. The summed E-state index contributed by atoms with van der Waals surface area (Å²) in [6.45, 7) is 2.20. The first-order valence-corrected chi connectivity index (χ1v) is 7.26. The third-order valence-corrected chi connectivity index (χ3v) is 4.12. The Balaban J connectivity index is 2.03. The Labute approximate surface area is 126 Å². The van der Waals surface area contributed by atoms with E-state index in [4.69, 9.17) is 9.47 Å². The largest absolute Gasteiger partial charge is 0.497 e. The molecule has 1 aliphatic rings. The fraction of sp³-hybridized carbons (Fsp3) is 0.562. The molecule has 0 bridgehead atoms. The molecule has 1 aromatic carbocycles. The maximum absolute atomic E-state index is 12.7. The van der Waals surface area contributed by atoms with Crippen LogP contribution in [0.1, 0.15) is 18.4 Å². The number of benzene rings is 1. The number of hydrogen-bond donors (Lipinski definition) is 1. The van der Waals surface area contributed by atoms with Gasteiger partial charge in [-0.1, -0.05) is 12.1 Å². The summed E-state index contributed by atoms with van der Waals surface area (Å²) in [7, 11) is 5.10. The number of methoxy groups -OCH3 is 2. The van der Waals surface area contributed by atoms with Gasteiger partial charge in [0.2, 0.25) is 0 Å². The molecule has 2 rings (SSSR count). The Hall–Kier alpha value is -1.59.